The molecule has 0 N–H and O–H groups in total. The number of benzene rings is 2. The summed E-state index contributed by atoms with van der Waals surface area (Å²) in [6, 6.07) is 9.79. The third-order valence-electron chi connectivity index (χ3n) is 7.07. The number of amides is 1. The third kappa shape index (κ3) is 4.34. The van der Waals surface area contributed by atoms with Crippen LogP contribution in [0.5, 0.6) is 11.6 Å². The van der Waals surface area contributed by atoms with Crippen LogP contribution in [0.2, 0.25) is 0 Å². The maximum Gasteiger partial charge on any atom is 0.387 e. The monoisotopic (exact) mass is 556 g/mol. The number of rotatable bonds is 6. The molecule has 0 spiro atoms. The molecular weight excluding hydrogens is 532 g/mol. The van der Waals surface area contributed by atoms with Crippen molar-refractivity contribution in [1.29, 1.82) is 0 Å². The zero-order valence-corrected chi connectivity index (χ0v) is 22.2. The second-order valence-corrected chi connectivity index (χ2v) is 13.6. The number of carbonyl (C=O) groups excluding carboxylic acids is 1. The molecule has 0 radical (unpaired) electrons. The van der Waals surface area contributed by atoms with Crippen molar-refractivity contribution in [3.63, 3.8) is 0 Å². The van der Waals surface area contributed by atoms with Crippen molar-refractivity contribution in [3.8, 4) is 22.8 Å². The van der Waals surface area contributed by atoms with E-state index in [1.807, 2.05) is 4.57 Å². The largest absolute Gasteiger partial charge is 0.470 e. The van der Waals surface area contributed by atoms with Crippen LogP contribution in [0.25, 0.3) is 22.2 Å². The highest BCUT2D eigenvalue weighted by atomic mass is 31.2. The Bertz CT molecular complexity index is 1670. The second kappa shape index (κ2) is 9.12. The highest BCUT2D eigenvalue weighted by Gasteiger charge is 2.45. The summed E-state index contributed by atoms with van der Waals surface area (Å²) in [4.78, 5) is 23.7. The van der Waals surface area contributed by atoms with Crippen LogP contribution in [0.4, 0.5) is 13.2 Å². The molecule has 8 nitrogen and oxygen atoms in total. The average Bonchev–Trinajstić information content (AvgIpc) is 3.39. The lowest BCUT2D eigenvalue weighted by molar-refractivity contribution is -0.0507. The van der Waals surface area contributed by atoms with Crippen LogP contribution in [0, 0.1) is 5.82 Å². The van der Waals surface area contributed by atoms with Crippen molar-refractivity contribution >= 4 is 24.1 Å². The molecule has 0 unspecified atom stereocenters. The fraction of sp³-hybridized carbons (Fsp3) is 0.296. The van der Waals surface area contributed by atoms with Gasteiger partial charge in [-0.3, -0.25) is 4.79 Å². The van der Waals surface area contributed by atoms with Gasteiger partial charge in [0.05, 0.1) is 23.1 Å². The summed E-state index contributed by atoms with van der Waals surface area (Å²) in [6.45, 7) is 0.161. The average molecular weight is 556 g/mol. The van der Waals surface area contributed by atoms with Gasteiger partial charge in [-0.2, -0.15) is 8.78 Å². The Hall–Kier alpha value is -3.85. The van der Waals surface area contributed by atoms with Gasteiger partial charge in [-0.1, -0.05) is 6.07 Å². The fourth-order valence-electron chi connectivity index (χ4n) is 5.37. The Balaban J connectivity index is 1.47. The van der Waals surface area contributed by atoms with Crippen LogP contribution in [-0.4, -0.2) is 58.7 Å². The highest BCUT2D eigenvalue weighted by Crippen LogP contribution is 2.50. The number of aromatic nitrogens is 3. The standard InChI is InChI=1S/C27H24F3N4O4P/c1-33-21-11-20(24-15(26(33)35)5-4-6-22(24)38-27(29)30)34-19-9-16(17(28)10-18(19)32-25(21)34)14-7-8-23(31-12-14)37-13-39(2,3)36/h4-10,12,20-21,27H,11,13H2,1-3H3/t20-,21-/m1/s1. The van der Waals surface area contributed by atoms with Crippen LogP contribution in [0.1, 0.15) is 40.3 Å². The molecule has 2 aromatic heterocycles. The third-order valence-corrected chi connectivity index (χ3v) is 7.82. The Labute approximate surface area is 221 Å². The van der Waals surface area contributed by atoms with Crippen molar-refractivity contribution in [2.75, 3.05) is 26.7 Å². The number of hydrogen-bond donors (Lipinski definition) is 0. The van der Waals surface area contributed by atoms with E-state index in [9.17, 15) is 18.1 Å². The lowest BCUT2D eigenvalue weighted by atomic mass is 9.97. The maximum atomic E-state index is 15.3. The lowest BCUT2D eigenvalue weighted by Gasteiger charge is -2.24. The van der Waals surface area contributed by atoms with Crippen LogP contribution in [0.3, 0.4) is 0 Å². The molecule has 1 amide bonds. The van der Waals surface area contributed by atoms with Gasteiger partial charge in [0, 0.05) is 54.1 Å². The summed E-state index contributed by atoms with van der Waals surface area (Å²) < 4.78 is 66.1. The zero-order chi connectivity index (χ0) is 27.6. The van der Waals surface area contributed by atoms with Crippen molar-refractivity contribution < 1.29 is 32.0 Å². The number of alkyl halides is 2. The molecule has 2 bridgehead atoms. The summed E-state index contributed by atoms with van der Waals surface area (Å²) in [7, 11) is -0.755. The zero-order valence-electron chi connectivity index (χ0n) is 21.3. The van der Waals surface area contributed by atoms with Gasteiger partial charge in [0.15, 0.2) is 0 Å². The number of carbonyl (C=O) groups is 1. The van der Waals surface area contributed by atoms with E-state index in [0.717, 1.165) is 0 Å². The summed E-state index contributed by atoms with van der Waals surface area (Å²) >= 11 is 0. The number of pyridine rings is 1. The molecule has 2 atom stereocenters. The summed E-state index contributed by atoms with van der Waals surface area (Å²) in [5, 5.41) is 0. The van der Waals surface area contributed by atoms with E-state index in [0.29, 0.717) is 34.4 Å². The normalized spacial score (nSPS) is 18.3. The summed E-state index contributed by atoms with van der Waals surface area (Å²) in [5.41, 5.74) is 2.36. The number of halogens is 3. The Morgan fingerprint density at radius 3 is 2.62 bits per heavy atom. The number of fused-ring (bicyclic) bond motifs is 9. The first-order valence-electron chi connectivity index (χ1n) is 12.2. The Morgan fingerprint density at radius 2 is 1.92 bits per heavy atom. The molecule has 2 aliphatic heterocycles. The van der Waals surface area contributed by atoms with Crippen molar-refractivity contribution in [2.24, 2.45) is 0 Å². The Morgan fingerprint density at radius 1 is 1.13 bits per heavy atom. The number of nitrogens with zero attached hydrogens (tertiary/aromatic N) is 4. The highest BCUT2D eigenvalue weighted by molar-refractivity contribution is 7.62. The molecule has 0 saturated carbocycles. The van der Waals surface area contributed by atoms with E-state index in [2.05, 4.69) is 9.97 Å². The molecule has 2 aliphatic rings. The van der Waals surface area contributed by atoms with Crippen molar-refractivity contribution in [2.45, 2.75) is 25.1 Å². The molecule has 39 heavy (non-hydrogen) atoms. The Kier molecular flexibility index (Phi) is 5.95. The van der Waals surface area contributed by atoms with Gasteiger partial charge in [0.1, 0.15) is 30.9 Å². The molecule has 2 aromatic carbocycles. The van der Waals surface area contributed by atoms with Crippen molar-refractivity contribution in [3.05, 3.63) is 71.4 Å². The molecule has 0 fully saturated rings. The van der Waals surface area contributed by atoms with Gasteiger partial charge in [0.25, 0.3) is 5.91 Å². The van der Waals surface area contributed by atoms with Gasteiger partial charge >= 0.3 is 6.61 Å². The van der Waals surface area contributed by atoms with Crippen LogP contribution < -0.4 is 9.47 Å². The second-order valence-electron chi connectivity index (χ2n) is 10.2. The first-order valence-corrected chi connectivity index (χ1v) is 15.0. The van der Waals surface area contributed by atoms with Gasteiger partial charge in [-0.15, -0.1) is 0 Å². The van der Waals surface area contributed by atoms with Crippen molar-refractivity contribution in [1.82, 2.24) is 19.4 Å². The molecule has 4 aromatic rings. The first-order chi connectivity index (χ1) is 18.5. The SMILES string of the molecule is CN1C(=O)c2cccc(OC(F)F)c2[C@H]2C[C@@H]1c1nc3cc(F)c(-c4ccc(OCP(C)(C)=O)nc4)cc3n12. The van der Waals surface area contributed by atoms with Crippen LogP contribution in [-0.2, 0) is 4.57 Å². The molecule has 0 aliphatic carbocycles. The minimum Gasteiger partial charge on any atom is -0.470 e. The predicted octanol–water partition coefficient (Wildman–Crippen LogP) is 5.92. The minimum absolute atomic E-state index is 0.0415. The fourth-order valence-corrected chi connectivity index (χ4v) is 5.81. The van der Waals surface area contributed by atoms with E-state index < -0.39 is 31.7 Å². The van der Waals surface area contributed by atoms with E-state index in [1.165, 1.54) is 24.4 Å². The van der Waals surface area contributed by atoms with Gasteiger partial charge in [-0.05, 0) is 37.6 Å². The number of hydrogen-bond acceptors (Lipinski definition) is 6. The van der Waals surface area contributed by atoms with Crippen LogP contribution in [0.15, 0.2) is 48.7 Å². The quantitative estimate of drug-likeness (QED) is 0.274. The molecule has 6 rings (SSSR count). The number of imidazole rings is 1. The minimum atomic E-state index is -3.06. The maximum absolute atomic E-state index is 15.3. The smallest absolute Gasteiger partial charge is 0.387 e. The van der Waals surface area contributed by atoms with Gasteiger partial charge in [0.2, 0.25) is 5.88 Å². The van der Waals surface area contributed by atoms with E-state index >= 15 is 4.39 Å². The molecule has 12 heteroatoms. The number of ether oxygens (including phenoxy) is 2. The summed E-state index contributed by atoms with van der Waals surface area (Å²) in [6.07, 6.45) is 1.92. The molecular formula is C27H24F3N4O4P. The van der Waals surface area contributed by atoms with E-state index in [4.69, 9.17) is 9.47 Å². The molecule has 202 valence electrons. The van der Waals surface area contributed by atoms with Gasteiger partial charge in [-0.25, -0.2) is 14.4 Å². The molecule has 0 saturated heterocycles. The summed E-state index contributed by atoms with van der Waals surface area (Å²) in [5.74, 6) is -0.0924. The van der Waals surface area contributed by atoms with E-state index in [-0.39, 0.29) is 35.0 Å². The topological polar surface area (TPSA) is 86.6 Å². The predicted molar refractivity (Wildman–Crippen MR) is 139 cm³/mol. The van der Waals surface area contributed by atoms with Gasteiger partial charge < -0.3 is 23.5 Å². The lowest BCUT2D eigenvalue weighted by Crippen LogP contribution is -2.30. The van der Waals surface area contributed by atoms with Crippen LogP contribution >= 0.6 is 7.14 Å². The first kappa shape index (κ1) is 25.4. The molecule has 4 heterocycles. The van der Waals surface area contributed by atoms with E-state index in [1.54, 1.807) is 49.5 Å².